The van der Waals surface area contributed by atoms with Gasteiger partial charge in [0.1, 0.15) is 12.1 Å². The molecule has 2 atom stereocenters. The monoisotopic (exact) mass is 1120 g/mol. The molecule has 4 amide bonds. The number of carbonyl (C=O) groups is 4. The molecule has 0 aromatic heterocycles. The molecule has 0 spiro atoms. The number of hydrogen-bond donors (Lipinski definition) is 2. The van der Waals surface area contributed by atoms with Crippen LogP contribution in [0.2, 0.25) is 0 Å². The normalized spacial score (nSPS) is 15.2. The summed E-state index contributed by atoms with van der Waals surface area (Å²) in [5, 5.41) is 6.47. The molecular weight excluding hydrogens is 985 g/mol. The zero-order valence-electron chi connectivity index (χ0n) is 53.0. The van der Waals surface area contributed by atoms with Crippen LogP contribution in [0, 0.1) is 11.8 Å². The smallest absolute Gasteiger partial charge is 0.243 e. The van der Waals surface area contributed by atoms with Gasteiger partial charge in [0.15, 0.2) is 0 Å². The van der Waals surface area contributed by atoms with E-state index in [1.54, 1.807) is 0 Å². The van der Waals surface area contributed by atoms with Crippen LogP contribution in [0.1, 0.15) is 292 Å². The van der Waals surface area contributed by atoms with Crippen molar-refractivity contribution in [1.29, 1.82) is 0 Å². The Kier molecular flexibility index (Phi) is 47.3. The highest BCUT2D eigenvalue weighted by Gasteiger charge is 2.33. The first-order valence-electron chi connectivity index (χ1n) is 34.3. The van der Waals surface area contributed by atoms with E-state index in [0.717, 1.165) is 136 Å². The number of nitrogens with zero attached hydrogens (tertiary/aromatic N) is 4. The number of hydrogen-bond acceptors (Lipinski definition) is 8. The van der Waals surface area contributed by atoms with E-state index in [9.17, 15) is 19.2 Å². The van der Waals surface area contributed by atoms with Crippen LogP contribution < -0.4 is 10.6 Å². The Morgan fingerprint density at radius 2 is 0.620 bits per heavy atom. The van der Waals surface area contributed by atoms with Crippen LogP contribution in [0.4, 0.5) is 0 Å². The molecule has 2 fully saturated rings. The van der Waals surface area contributed by atoms with Crippen LogP contribution >= 0.6 is 0 Å². The van der Waals surface area contributed by atoms with E-state index < -0.39 is 12.1 Å². The molecule has 2 N–H and O–H groups in total. The van der Waals surface area contributed by atoms with Crippen molar-refractivity contribution < 1.29 is 28.7 Å². The fraction of sp³-hybridized carbons (Fsp3) is 0.940. The average Bonchev–Trinajstić information content (AvgIpc) is 3.45. The predicted molar refractivity (Wildman–Crippen MR) is 333 cm³/mol. The van der Waals surface area contributed by atoms with E-state index >= 15 is 0 Å². The van der Waals surface area contributed by atoms with Gasteiger partial charge in [-0.3, -0.25) is 29.0 Å². The summed E-state index contributed by atoms with van der Waals surface area (Å²) in [6.07, 6.45) is 46.4. The summed E-state index contributed by atoms with van der Waals surface area (Å²) < 4.78 is 11.1. The number of amides is 4. The zero-order valence-corrected chi connectivity index (χ0v) is 53.0. The molecule has 12 heteroatoms. The summed E-state index contributed by atoms with van der Waals surface area (Å²) in [5.41, 5.74) is 0. The second kappa shape index (κ2) is 51.4. The van der Waals surface area contributed by atoms with Gasteiger partial charge in [0.25, 0.3) is 0 Å². The Bertz CT molecular complexity index is 1330. The minimum atomic E-state index is -0.475. The van der Waals surface area contributed by atoms with Crippen molar-refractivity contribution >= 4 is 23.6 Å². The molecule has 464 valence electrons. The first-order valence-corrected chi connectivity index (χ1v) is 34.3. The molecule has 2 rings (SSSR count). The van der Waals surface area contributed by atoms with Gasteiger partial charge < -0.3 is 29.9 Å². The number of nitrogens with one attached hydrogen (secondary N) is 2. The number of carbonyl (C=O) groups excluding carboxylic acids is 4. The molecule has 2 saturated heterocycles. The third-order valence-corrected chi connectivity index (χ3v) is 17.0. The number of ether oxygens (including phenoxy) is 2. The lowest BCUT2D eigenvalue weighted by Crippen LogP contribution is -2.53. The topological polar surface area (TPSA) is 124 Å². The zero-order chi connectivity index (χ0) is 57.2. The fourth-order valence-electron chi connectivity index (χ4n) is 12.0. The maximum absolute atomic E-state index is 14.0. The van der Waals surface area contributed by atoms with Crippen LogP contribution in [0.3, 0.4) is 0 Å². The molecular formula is C67H130N6O6. The maximum atomic E-state index is 14.0. The van der Waals surface area contributed by atoms with E-state index in [1.165, 1.54) is 167 Å². The van der Waals surface area contributed by atoms with Crippen molar-refractivity contribution in [3.63, 3.8) is 0 Å². The molecule has 0 aliphatic carbocycles. The van der Waals surface area contributed by atoms with Crippen molar-refractivity contribution in [3.8, 4) is 0 Å². The van der Waals surface area contributed by atoms with E-state index in [4.69, 9.17) is 9.47 Å². The summed E-state index contributed by atoms with van der Waals surface area (Å²) >= 11 is 0. The maximum Gasteiger partial charge on any atom is 0.243 e. The lowest BCUT2D eigenvalue weighted by molar-refractivity contribution is -0.142. The molecule has 0 saturated carbocycles. The van der Waals surface area contributed by atoms with Crippen LogP contribution in [0.15, 0.2) is 0 Å². The largest absolute Gasteiger partial charge is 0.379 e. The SMILES string of the molecule is CCCCCCCCCCCCCCCCCC(=O)N(CCCN1CCOCC1)C(C(=O)NCCCCCCCNC(=O)C(C(C)C)N(CCCN1CCOCC1)C(=O)CCCCCCCCCCCCCCCCC)C(C)C. The average molecular weight is 1120 g/mol. The van der Waals surface area contributed by atoms with Crippen LogP contribution in [0.25, 0.3) is 0 Å². The summed E-state index contributed by atoms with van der Waals surface area (Å²) in [6.45, 7) is 23.8. The molecule has 12 nitrogen and oxygen atoms in total. The third-order valence-electron chi connectivity index (χ3n) is 17.0. The molecule has 2 aliphatic rings. The Hall–Kier alpha value is -2.28. The van der Waals surface area contributed by atoms with E-state index in [2.05, 4.69) is 62.0 Å². The number of rotatable bonds is 54. The van der Waals surface area contributed by atoms with Crippen LogP contribution in [-0.2, 0) is 28.7 Å². The lowest BCUT2D eigenvalue weighted by atomic mass is 9.99. The Labute approximate surface area is 488 Å². The van der Waals surface area contributed by atoms with Crippen molar-refractivity contribution in [1.82, 2.24) is 30.2 Å². The molecule has 2 unspecified atom stereocenters. The second-order valence-corrected chi connectivity index (χ2v) is 24.9. The van der Waals surface area contributed by atoms with Gasteiger partial charge >= 0.3 is 0 Å². The highest BCUT2D eigenvalue weighted by molar-refractivity contribution is 5.88. The molecule has 0 aromatic carbocycles. The van der Waals surface area contributed by atoms with Gasteiger partial charge in [-0.05, 0) is 50.4 Å². The molecule has 0 bridgehead atoms. The van der Waals surface area contributed by atoms with Gasteiger partial charge in [-0.25, -0.2) is 0 Å². The van der Waals surface area contributed by atoms with E-state index in [0.29, 0.717) is 39.0 Å². The van der Waals surface area contributed by atoms with Crippen LogP contribution in [0.5, 0.6) is 0 Å². The standard InChI is InChI=1S/C67H130N6O6/c1-7-9-11-13-15-17-19-21-23-25-27-29-31-34-38-44-62(74)72(50-42-48-70-52-56-78-57-53-70)64(60(3)4)66(76)68-46-40-36-33-37-41-47-69-67(77)65(61(5)6)73(51-43-49-71-54-58-79-59-55-71)63(75)45-39-35-32-30-28-26-24-22-20-18-16-14-12-10-8-2/h60-61,64-65H,7-59H2,1-6H3,(H,68,76)(H,69,77). The molecule has 0 aromatic rings. The predicted octanol–water partition coefficient (Wildman–Crippen LogP) is 14.8. The van der Waals surface area contributed by atoms with Gasteiger partial charge in [0.05, 0.1) is 26.4 Å². The lowest BCUT2D eigenvalue weighted by Gasteiger charge is -2.35. The Morgan fingerprint density at radius 1 is 0.367 bits per heavy atom. The first-order chi connectivity index (χ1) is 38.6. The van der Waals surface area contributed by atoms with Crippen molar-refractivity contribution in [2.75, 3.05) is 91.9 Å². The summed E-state index contributed by atoms with van der Waals surface area (Å²) in [5.74, 6) is 0.205. The minimum Gasteiger partial charge on any atom is -0.379 e. The van der Waals surface area contributed by atoms with Crippen molar-refractivity contribution in [2.24, 2.45) is 11.8 Å². The summed E-state index contributed by atoms with van der Waals surface area (Å²) in [6, 6.07) is -0.951. The van der Waals surface area contributed by atoms with Crippen molar-refractivity contribution in [2.45, 2.75) is 304 Å². The number of unbranched alkanes of at least 4 members (excludes halogenated alkanes) is 32. The van der Waals surface area contributed by atoms with Crippen molar-refractivity contribution in [3.05, 3.63) is 0 Å². The van der Waals surface area contributed by atoms with Gasteiger partial charge in [-0.2, -0.15) is 0 Å². The highest BCUT2D eigenvalue weighted by Crippen LogP contribution is 2.21. The summed E-state index contributed by atoms with van der Waals surface area (Å²) in [4.78, 5) is 64.5. The van der Waals surface area contributed by atoms with Gasteiger partial charge in [0, 0.05) is 78.3 Å². The fourth-order valence-corrected chi connectivity index (χ4v) is 12.0. The van der Waals surface area contributed by atoms with Gasteiger partial charge in [-0.15, -0.1) is 0 Å². The Balaban J connectivity index is 1.77. The van der Waals surface area contributed by atoms with Gasteiger partial charge in [-0.1, -0.05) is 241 Å². The Morgan fingerprint density at radius 3 is 0.886 bits per heavy atom. The third kappa shape index (κ3) is 38.3. The van der Waals surface area contributed by atoms with E-state index in [-0.39, 0.29) is 35.5 Å². The number of morpholine rings is 2. The quantitative estimate of drug-likeness (QED) is 0.0577. The first kappa shape index (κ1) is 72.8. The minimum absolute atomic E-state index is 0.0120. The highest BCUT2D eigenvalue weighted by atomic mass is 16.5. The molecule has 0 radical (unpaired) electrons. The van der Waals surface area contributed by atoms with Crippen LogP contribution in [-0.4, -0.2) is 147 Å². The summed E-state index contributed by atoms with van der Waals surface area (Å²) in [7, 11) is 0. The molecule has 79 heavy (non-hydrogen) atoms. The van der Waals surface area contributed by atoms with E-state index in [1.807, 2.05) is 9.80 Å². The van der Waals surface area contributed by atoms with Gasteiger partial charge in [0.2, 0.25) is 23.6 Å². The molecule has 2 aliphatic heterocycles. The second-order valence-electron chi connectivity index (χ2n) is 24.9. The molecule has 2 heterocycles.